The summed E-state index contributed by atoms with van der Waals surface area (Å²) >= 11 is 6.01. The van der Waals surface area contributed by atoms with Gasteiger partial charge in [0.05, 0.1) is 12.7 Å². The summed E-state index contributed by atoms with van der Waals surface area (Å²) < 4.78 is 5.68. The lowest BCUT2D eigenvalue weighted by Gasteiger charge is -2.29. The summed E-state index contributed by atoms with van der Waals surface area (Å²) in [5.74, 6) is 0.806. The molecule has 2 N–H and O–H groups in total. The minimum absolute atomic E-state index is 0.0295. The topological polar surface area (TPSA) is 61.8 Å². The number of carbonyl (C=O) groups excluding carboxylic acids is 1. The molecule has 30 heavy (non-hydrogen) atoms. The molecule has 0 aliphatic carbocycles. The van der Waals surface area contributed by atoms with E-state index in [0.717, 1.165) is 54.4 Å². The van der Waals surface area contributed by atoms with Crippen molar-refractivity contribution < 1.29 is 14.6 Å². The fourth-order valence-corrected chi connectivity index (χ4v) is 3.63. The van der Waals surface area contributed by atoms with E-state index >= 15 is 0 Å². The number of hydrogen-bond donors (Lipinski definition) is 2. The maximum atomic E-state index is 12.1. The molecule has 2 aromatic carbocycles. The predicted octanol–water partition coefficient (Wildman–Crippen LogP) is 4.08. The molecule has 1 heterocycles. The van der Waals surface area contributed by atoms with Crippen LogP contribution in [0.15, 0.2) is 42.5 Å². The van der Waals surface area contributed by atoms with Gasteiger partial charge in [-0.25, -0.2) is 0 Å². The van der Waals surface area contributed by atoms with Gasteiger partial charge in [-0.2, -0.15) is 0 Å². The maximum Gasteiger partial charge on any atom is 0.220 e. The van der Waals surface area contributed by atoms with E-state index in [1.165, 1.54) is 5.56 Å². The van der Waals surface area contributed by atoms with Crippen molar-refractivity contribution in [1.29, 1.82) is 0 Å². The van der Waals surface area contributed by atoms with Gasteiger partial charge in [-0.1, -0.05) is 35.9 Å². The van der Waals surface area contributed by atoms with Crippen molar-refractivity contribution in [3.63, 3.8) is 0 Å². The number of halogens is 1. The minimum Gasteiger partial charge on any atom is -0.494 e. The third-order valence-electron chi connectivity index (χ3n) is 5.42. The number of likely N-dealkylation sites (tertiary alicyclic amines) is 1. The molecule has 1 amide bonds. The van der Waals surface area contributed by atoms with Gasteiger partial charge in [-0.05, 0) is 61.1 Å². The second kappa shape index (κ2) is 11.3. The first kappa shape index (κ1) is 22.6. The molecule has 162 valence electrons. The lowest BCUT2D eigenvalue weighted by molar-refractivity contribution is -0.121. The highest BCUT2D eigenvalue weighted by Gasteiger charge is 2.16. The molecular weight excluding hydrogens is 400 g/mol. The molecule has 0 bridgehead atoms. The van der Waals surface area contributed by atoms with Crippen molar-refractivity contribution in [3.05, 3.63) is 64.2 Å². The van der Waals surface area contributed by atoms with E-state index in [1.807, 2.05) is 25.1 Å². The molecule has 1 aliphatic rings. The number of aryl methyl sites for hydroxylation is 1. The molecule has 6 heteroatoms. The molecule has 0 atom stereocenters. The SMILES string of the molecule is Cc1cc(OCCCC(=O)NCc2ccc(CN3CCC(O)CC3)cc2)ccc1Cl. The molecule has 5 nitrogen and oxygen atoms in total. The van der Waals surface area contributed by atoms with Gasteiger partial charge in [0, 0.05) is 37.6 Å². The number of aliphatic hydroxyl groups is 1. The molecule has 0 spiro atoms. The van der Waals surface area contributed by atoms with Crippen LogP contribution in [0.2, 0.25) is 5.02 Å². The number of hydrogen-bond acceptors (Lipinski definition) is 4. The van der Waals surface area contributed by atoms with Crippen molar-refractivity contribution in [3.8, 4) is 5.75 Å². The first-order chi connectivity index (χ1) is 14.5. The predicted molar refractivity (Wildman–Crippen MR) is 120 cm³/mol. The van der Waals surface area contributed by atoms with Gasteiger partial charge in [0.25, 0.3) is 0 Å². The van der Waals surface area contributed by atoms with Gasteiger partial charge in [0.2, 0.25) is 5.91 Å². The maximum absolute atomic E-state index is 12.1. The van der Waals surface area contributed by atoms with E-state index in [-0.39, 0.29) is 12.0 Å². The Labute approximate surface area is 184 Å². The molecular formula is C24H31ClN2O3. The summed E-state index contributed by atoms with van der Waals surface area (Å²) in [7, 11) is 0. The first-order valence-corrected chi connectivity index (χ1v) is 11.0. The average Bonchev–Trinajstić information content (AvgIpc) is 2.75. The highest BCUT2D eigenvalue weighted by Crippen LogP contribution is 2.21. The van der Waals surface area contributed by atoms with Crippen LogP contribution in [0.1, 0.15) is 42.4 Å². The van der Waals surface area contributed by atoms with Crippen molar-refractivity contribution in [2.24, 2.45) is 0 Å². The van der Waals surface area contributed by atoms with Crippen LogP contribution >= 0.6 is 11.6 Å². The Morgan fingerprint density at radius 3 is 2.57 bits per heavy atom. The van der Waals surface area contributed by atoms with Gasteiger partial charge in [-0.15, -0.1) is 0 Å². The Hall–Kier alpha value is -2.08. The molecule has 2 aromatic rings. The highest BCUT2D eigenvalue weighted by atomic mass is 35.5. The summed E-state index contributed by atoms with van der Waals surface area (Å²) in [5, 5.41) is 13.3. The second-order valence-electron chi connectivity index (χ2n) is 7.96. The van der Waals surface area contributed by atoms with E-state index in [0.29, 0.717) is 26.0 Å². The molecule has 3 rings (SSSR count). The minimum atomic E-state index is -0.138. The molecule has 0 aromatic heterocycles. The van der Waals surface area contributed by atoms with Gasteiger partial charge in [0.15, 0.2) is 0 Å². The third kappa shape index (κ3) is 7.31. The molecule has 0 saturated carbocycles. The molecule has 1 saturated heterocycles. The number of rotatable bonds is 9. The number of amides is 1. The lowest BCUT2D eigenvalue weighted by atomic mass is 10.1. The number of carbonyl (C=O) groups is 1. The number of aliphatic hydroxyl groups excluding tert-OH is 1. The van der Waals surface area contributed by atoms with Crippen molar-refractivity contribution in [2.75, 3.05) is 19.7 Å². The number of nitrogens with zero attached hydrogens (tertiary/aromatic N) is 1. The number of nitrogens with one attached hydrogen (secondary N) is 1. The van der Waals surface area contributed by atoms with Crippen LogP contribution in [-0.4, -0.2) is 41.7 Å². The van der Waals surface area contributed by atoms with Gasteiger partial charge >= 0.3 is 0 Å². The van der Waals surface area contributed by atoms with E-state index in [2.05, 4.69) is 34.5 Å². The van der Waals surface area contributed by atoms with Gasteiger partial charge in [0.1, 0.15) is 5.75 Å². The molecule has 1 aliphatic heterocycles. The highest BCUT2D eigenvalue weighted by molar-refractivity contribution is 6.31. The summed E-state index contributed by atoms with van der Waals surface area (Å²) in [5.41, 5.74) is 3.33. The standard InChI is InChI=1S/C24H31ClN2O3/c1-18-15-22(8-9-23(18)25)30-14-2-3-24(29)26-16-19-4-6-20(7-5-19)17-27-12-10-21(28)11-13-27/h4-9,15,21,28H,2-3,10-14,16-17H2,1H3,(H,26,29). The van der Waals surface area contributed by atoms with E-state index < -0.39 is 0 Å². The van der Waals surface area contributed by atoms with E-state index in [1.54, 1.807) is 0 Å². The summed E-state index contributed by atoms with van der Waals surface area (Å²) in [6.07, 6.45) is 2.67. The zero-order valence-corrected chi connectivity index (χ0v) is 18.3. The van der Waals surface area contributed by atoms with Gasteiger partial charge < -0.3 is 15.2 Å². The van der Waals surface area contributed by atoms with Crippen LogP contribution < -0.4 is 10.1 Å². The van der Waals surface area contributed by atoms with Crippen LogP contribution in [0.4, 0.5) is 0 Å². The normalized spacial score (nSPS) is 15.2. The van der Waals surface area contributed by atoms with E-state index in [4.69, 9.17) is 16.3 Å². The summed E-state index contributed by atoms with van der Waals surface area (Å²) in [4.78, 5) is 14.4. The van der Waals surface area contributed by atoms with Crippen molar-refractivity contribution >= 4 is 17.5 Å². The second-order valence-corrected chi connectivity index (χ2v) is 8.37. The fraction of sp³-hybridized carbons (Fsp3) is 0.458. The number of piperidine rings is 1. The third-order valence-corrected chi connectivity index (χ3v) is 5.85. The fourth-order valence-electron chi connectivity index (χ4n) is 3.52. The van der Waals surface area contributed by atoms with Crippen molar-refractivity contribution in [1.82, 2.24) is 10.2 Å². The Balaban J connectivity index is 1.31. The monoisotopic (exact) mass is 430 g/mol. The van der Waals surface area contributed by atoms with Gasteiger partial charge in [-0.3, -0.25) is 9.69 Å². The van der Waals surface area contributed by atoms with E-state index in [9.17, 15) is 9.90 Å². The largest absolute Gasteiger partial charge is 0.494 e. The van der Waals surface area contributed by atoms with Crippen LogP contribution in [0.5, 0.6) is 5.75 Å². The Kier molecular flexibility index (Phi) is 8.55. The van der Waals surface area contributed by atoms with Crippen LogP contribution in [-0.2, 0) is 17.9 Å². The smallest absolute Gasteiger partial charge is 0.220 e. The van der Waals surface area contributed by atoms with Crippen LogP contribution in [0.25, 0.3) is 0 Å². The summed E-state index contributed by atoms with van der Waals surface area (Å²) in [6, 6.07) is 13.9. The number of benzene rings is 2. The molecule has 1 fully saturated rings. The van der Waals surface area contributed by atoms with Crippen LogP contribution in [0.3, 0.4) is 0 Å². The Bertz CT molecular complexity index is 818. The van der Waals surface area contributed by atoms with Crippen molar-refractivity contribution in [2.45, 2.75) is 51.8 Å². The Morgan fingerprint density at radius 1 is 1.17 bits per heavy atom. The molecule has 0 radical (unpaired) electrons. The number of ether oxygens (including phenoxy) is 1. The average molecular weight is 431 g/mol. The Morgan fingerprint density at radius 2 is 1.87 bits per heavy atom. The lowest BCUT2D eigenvalue weighted by Crippen LogP contribution is -2.35. The zero-order valence-electron chi connectivity index (χ0n) is 17.6. The summed E-state index contributed by atoms with van der Waals surface area (Å²) in [6.45, 7) is 5.77. The first-order valence-electron chi connectivity index (χ1n) is 10.6. The zero-order chi connectivity index (χ0) is 21.3. The molecule has 0 unspecified atom stereocenters. The van der Waals surface area contributed by atoms with Crippen LogP contribution in [0, 0.1) is 6.92 Å². The quantitative estimate of drug-likeness (QED) is 0.588.